The van der Waals surface area contributed by atoms with Crippen molar-refractivity contribution in [3.8, 4) is 5.69 Å². The predicted molar refractivity (Wildman–Crippen MR) is 142 cm³/mol. The molecule has 2 aromatic rings. The minimum absolute atomic E-state index is 0.0395. The van der Waals surface area contributed by atoms with Crippen molar-refractivity contribution in [1.29, 1.82) is 5.41 Å². The summed E-state index contributed by atoms with van der Waals surface area (Å²) in [6.07, 6.45) is 1.82. The summed E-state index contributed by atoms with van der Waals surface area (Å²) in [5.74, 6) is -0.564. The molecule has 36 heavy (non-hydrogen) atoms. The van der Waals surface area contributed by atoms with Crippen LogP contribution in [0.1, 0.15) is 34.5 Å². The van der Waals surface area contributed by atoms with E-state index in [-0.39, 0.29) is 23.7 Å². The van der Waals surface area contributed by atoms with E-state index >= 15 is 0 Å². The third-order valence-corrected chi connectivity index (χ3v) is 7.59. The average Bonchev–Trinajstić information content (AvgIpc) is 3.38. The van der Waals surface area contributed by atoms with Gasteiger partial charge in [-0.15, -0.1) is 0 Å². The maximum atomic E-state index is 12.9. The fraction of sp³-hybridized carbons (Fsp3) is 0.346. The lowest BCUT2D eigenvalue weighted by atomic mass is 10.1. The van der Waals surface area contributed by atoms with Gasteiger partial charge in [0.15, 0.2) is 5.84 Å². The Morgan fingerprint density at radius 2 is 1.89 bits per heavy atom. The number of hydrazone groups is 1. The van der Waals surface area contributed by atoms with Crippen LogP contribution >= 0.6 is 11.8 Å². The van der Waals surface area contributed by atoms with Crippen molar-refractivity contribution in [2.75, 3.05) is 26.3 Å². The zero-order valence-electron chi connectivity index (χ0n) is 20.8. The SMILES string of the molecule is Cc1ccc(-n2c(C)cc(/C=C3\C(=N)N4N=C(CC(=O)N5CCOCC5)SC4=NC3=O)c2C)cc1C. The maximum absolute atomic E-state index is 12.9. The first-order chi connectivity index (χ1) is 17.2. The summed E-state index contributed by atoms with van der Waals surface area (Å²) < 4.78 is 7.45. The van der Waals surface area contributed by atoms with Gasteiger partial charge in [-0.05, 0) is 80.4 Å². The number of amidine groups is 2. The number of rotatable bonds is 4. The summed E-state index contributed by atoms with van der Waals surface area (Å²) in [6.45, 7) is 10.4. The number of nitrogens with zero attached hydrogens (tertiary/aromatic N) is 5. The molecule has 10 heteroatoms. The van der Waals surface area contributed by atoms with Crippen LogP contribution in [0.3, 0.4) is 0 Å². The Bertz CT molecular complexity index is 1380. The number of morpholine rings is 1. The third kappa shape index (κ3) is 4.42. The van der Waals surface area contributed by atoms with Crippen molar-refractivity contribution in [3.63, 3.8) is 0 Å². The minimum atomic E-state index is -0.481. The van der Waals surface area contributed by atoms with Crippen LogP contribution < -0.4 is 0 Å². The molecule has 0 bridgehead atoms. The normalized spacial score (nSPS) is 19.1. The maximum Gasteiger partial charge on any atom is 0.283 e. The first-order valence-electron chi connectivity index (χ1n) is 11.8. The topological polar surface area (TPSA) is 103 Å². The molecule has 2 amide bonds. The van der Waals surface area contributed by atoms with Gasteiger partial charge in [0.05, 0.1) is 25.2 Å². The summed E-state index contributed by atoms with van der Waals surface area (Å²) >= 11 is 1.17. The number of benzene rings is 1. The molecule has 9 nitrogen and oxygen atoms in total. The lowest BCUT2D eigenvalue weighted by Gasteiger charge is -2.26. The molecule has 4 heterocycles. The van der Waals surface area contributed by atoms with Gasteiger partial charge in [-0.1, -0.05) is 6.07 Å². The third-order valence-electron chi connectivity index (χ3n) is 6.68. The van der Waals surface area contributed by atoms with Crippen molar-refractivity contribution >= 4 is 45.7 Å². The Hall–Kier alpha value is -3.50. The van der Waals surface area contributed by atoms with E-state index in [1.807, 2.05) is 19.9 Å². The average molecular weight is 505 g/mol. The highest BCUT2D eigenvalue weighted by molar-refractivity contribution is 8.27. The van der Waals surface area contributed by atoms with Crippen LogP contribution in [0.5, 0.6) is 0 Å². The number of thioether (sulfide) groups is 1. The van der Waals surface area contributed by atoms with E-state index in [9.17, 15) is 9.59 Å². The number of aromatic nitrogens is 1. The highest BCUT2D eigenvalue weighted by atomic mass is 32.2. The fourth-order valence-corrected chi connectivity index (χ4v) is 5.38. The van der Waals surface area contributed by atoms with Crippen LogP contribution in [0, 0.1) is 33.1 Å². The molecule has 1 saturated heterocycles. The first kappa shape index (κ1) is 24.2. The Kier molecular flexibility index (Phi) is 6.40. The number of amides is 2. The molecule has 186 valence electrons. The van der Waals surface area contributed by atoms with E-state index in [4.69, 9.17) is 10.1 Å². The van der Waals surface area contributed by atoms with Gasteiger partial charge >= 0.3 is 0 Å². The Balaban J connectivity index is 1.40. The van der Waals surface area contributed by atoms with E-state index in [0.29, 0.717) is 36.5 Å². The number of aliphatic imine (C=N–C) groups is 1. The molecule has 3 aliphatic heterocycles. The second kappa shape index (κ2) is 9.51. The summed E-state index contributed by atoms with van der Waals surface area (Å²) in [6, 6.07) is 8.33. The number of nitrogens with one attached hydrogen (secondary N) is 1. The van der Waals surface area contributed by atoms with Crippen LogP contribution in [0.2, 0.25) is 0 Å². The molecule has 0 aliphatic carbocycles. The zero-order chi connectivity index (χ0) is 25.6. The largest absolute Gasteiger partial charge is 0.378 e. The molecule has 0 radical (unpaired) electrons. The highest BCUT2D eigenvalue weighted by Crippen LogP contribution is 2.31. The number of aryl methyl sites for hydroxylation is 3. The van der Waals surface area contributed by atoms with Crippen molar-refractivity contribution in [3.05, 3.63) is 57.9 Å². The first-order valence-corrected chi connectivity index (χ1v) is 12.7. The second-order valence-electron chi connectivity index (χ2n) is 9.11. The van der Waals surface area contributed by atoms with Gasteiger partial charge in [-0.2, -0.15) is 15.1 Å². The van der Waals surface area contributed by atoms with Gasteiger partial charge in [-0.25, -0.2) is 0 Å². The van der Waals surface area contributed by atoms with Gasteiger partial charge in [0.25, 0.3) is 5.91 Å². The number of ether oxygens (including phenoxy) is 1. The molecule has 0 unspecified atom stereocenters. The molecule has 5 rings (SSSR count). The van der Waals surface area contributed by atoms with Gasteiger partial charge in [0.1, 0.15) is 5.04 Å². The van der Waals surface area contributed by atoms with E-state index < -0.39 is 5.91 Å². The minimum Gasteiger partial charge on any atom is -0.378 e. The molecule has 0 spiro atoms. The van der Waals surface area contributed by atoms with E-state index in [1.54, 1.807) is 11.0 Å². The fourth-order valence-electron chi connectivity index (χ4n) is 4.51. The number of carbonyl (C=O) groups excluding carboxylic acids is 2. The molecule has 1 aromatic carbocycles. The number of carbonyl (C=O) groups is 2. The molecular formula is C26H28N6O3S. The molecule has 1 aromatic heterocycles. The number of fused-ring (bicyclic) bond motifs is 1. The van der Waals surface area contributed by atoms with Crippen molar-refractivity contribution in [1.82, 2.24) is 14.5 Å². The van der Waals surface area contributed by atoms with E-state index in [0.717, 1.165) is 22.6 Å². The summed E-state index contributed by atoms with van der Waals surface area (Å²) in [5, 5.41) is 15.3. The molecule has 3 aliphatic rings. The highest BCUT2D eigenvalue weighted by Gasteiger charge is 2.36. The summed E-state index contributed by atoms with van der Waals surface area (Å²) in [5.41, 5.74) is 6.50. The number of hydrogen-bond acceptors (Lipinski definition) is 6. The van der Waals surface area contributed by atoms with Crippen molar-refractivity contribution in [2.24, 2.45) is 10.1 Å². The van der Waals surface area contributed by atoms with Crippen LogP contribution in [-0.2, 0) is 14.3 Å². The van der Waals surface area contributed by atoms with Gasteiger partial charge in [0, 0.05) is 30.2 Å². The Morgan fingerprint density at radius 3 is 2.61 bits per heavy atom. The van der Waals surface area contributed by atoms with Gasteiger partial charge in [0.2, 0.25) is 11.1 Å². The smallest absolute Gasteiger partial charge is 0.283 e. The zero-order valence-corrected chi connectivity index (χ0v) is 21.6. The van der Waals surface area contributed by atoms with E-state index in [1.165, 1.54) is 27.9 Å². The lowest BCUT2D eigenvalue weighted by molar-refractivity contribution is -0.133. The monoisotopic (exact) mass is 504 g/mol. The van der Waals surface area contributed by atoms with Crippen LogP contribution in [-0.4, -0.2) is 68.6 Å². The summed E-state index contributed by atoms with van der Waals surface area (Å²) in [7, 11) is 0. The van der Waals surface area contributed by atoms with Crippen molar-refractivity contribution < 1.29 is 14.3 Å². The Morgan fingerprint density at radius 1 is 1.14 bits per heavy atom. The van der Waals surface area contributed by atoms with Crippen molar-refractivity contribution in [2.45, 2.75) is 34.1 Å². The molecule has 0 atom stereocenters. The van der Waals surface area contributed by atoms with E-state index in [2.05, 4.69) is 46.7 Å². The quantitative estimate of drug-likeness (QED) is 0.641. The molecular weight excluding hydrogens is 476 g/mol. The summed E-state index contributed by atoms with van der Waals surface area (Å²) in [4.78, 5) is 31.4. The number of hydrogen-bond donors (Lipinski definition) is 1. The van der Waals surface area contributed by atoms with Crippen LogP contribution in [0.4, 0.5) is 0 Å². The van der Waals surface area contributed by atoms with Crippen LogP contribution in [0.25, 0.3) is 11.8 Å². The van der Waals surface area contributed by atoms with Crippen LogP contribution in [0.15, 0.2) is 39.9 Å². The standard InChI is InChI=1S/C26H28N6O3S/c1-15-5-6-20(11-16(15)2)31-17(3)12-19(18(31)4)13-21-24(27)32-26(28-25(21)34)36-22(29-32)14-23(33)30-7-9-35-10-8-30/h5-6,11-13,27H,7-10,14H2,1-4H3/b21-13+,27-24?. The second-order valence-corrected chi connectivity index (χ2v) is 10.2. The van der Waals surface area contributed by atoms with Gasteiger partial charge < -0.3 is 14.2 Å². The van der Waals surface area contributed by atoms with Gasteiger partial charge in [-0.3, -0.25) is 15.0 Å². The predicted octanol–water partition coefficient (Wildman–Crippen LogP) is 3.58. The molecule has 1 fully saturated rings. The lowest BCUT2D eigenvalue weighted by Crippen LogP contribution is -2.41. The molecule has 1 N–H and O–H groups in total. The Labute approximate surface area is 214 Å². The molecule has 0 saturated carbocycles.